The van der Waals surface area contributed by atoms with Gasteiger partial charge in [-0.3, -0.25) is 9.59 Å². The fourth-order valence-corrected chi connectivity index (χ4v) is 12.9. The van der Waals surface area contributed by atoms with Crippen LogP contribution in [0, 0.1) is 11.8 Å². The Hall–Kier alpha value is -2.92. The molecule has 198 valence electrons. The maximum absolute atomic E-state index is 13.9. The summed E-state index contributed by atoms with van der Waals surface area (Å²) in [6.45, 7) is 8.93. The zero-order chi connectivity index (χ0) is 27.6. The Balaban J connectivity index is 1.66. The molecule has 0 N–H and O–H groups in total. The molecule has 2 nitrogen and oxygen atoms in total. The van der Waals surface area contributed by atoms with Crippen LogP contribution in [0.3, 0.4) is 0 Å². The van der Waals surface area contributed by atoms with Gasteiger partial charge in [-0.25, -0.2) is 0 Å². The predicted octanol–water partition coefficient (Wildman–Crippen LogP) is 6.58. The standard InChI is InChI=1S/C35H36O2P2/c1-34(2,38(26-17-9-5-10-18-26)27-19-11-6-12-20-27)32-30(36)25-31(37)33(32)35(3,4)39(28-21-13-7-14-22-28)29-23-15-8-16-24-29/h5-24,32-33H,25H2,1-4H3. The summed E-state index contributed by atoms with van der Waals surface area (Å²) in [5.41, 5.74) is 0. The average molecular weight is 551 g/mol. The molecule has 1 saturated carbocycles. The maximum atomic E-state index is 13.9. The van der Waals surface area contributed by atoms with Crippen molar-refractivity contribution in [2.24, 2.45) is 11.8 Å². The molecule has 39 heavy (non-hydrogen) atoms. The molecule has 0 amide bonds. The molecule has 0 aromatic heterocycles. The number of hydrogen-bond donors (Lipinski definition) is 0. The fraction of sp³-hybridized carbons (Fsp3) is 0.257. The van der Waals surface area contributed by atoms with Gasteiger partial charge in [0.05, 0.1) is 6.42 Å². The normalized spacial score (nSPS) is 18.2. The van der Waals surface area contributed by atoms with Crippen molar-refractivity contribution < 1.29 is 9.59 Å². The molecule has 1 fully saturated rings. The van der Waals surface area contributed by atoms with Gasteiger partial charge < -0.3 is 0 Å². The minimum Gasteiger partial charge on any atom is -0.299 e. The van der Waals surface area contributed by atoms with Crippen LogP contribution in [0.5, 0.6) is 0 Å². The summed E-state index contributed by atoms with van der Waals surface area (Å²) in [7, 11) is -1.84. The molecule has 5 rings (SSSR count). The molecule has 0 radical (unpaired) electrons. The average Bonchev–Trinajstić information content (AvgIpc) is 3.26. The molecule has 4 aromatic rings. The van der Waals surface area contributed by atoms with Crippen molar-refractivity contribution in [1.82, 2.24) is 0 Å². The first kappa shape index (κ1) is 27.6. The maximum Gasteiger partial charge on any atom is 0.145 e. The van der Waals surface area contributed by atoms with Crippen LogP contribution in [0.2, 0.25) is 0 Å². The highest BCUT2D eigenvalue weighted by atomic mass is 31.1. The lowest BCUT2D eigenvalue weighted by Crippen LogP contribution is -2.49. The number of ketones is 2. The van der Waals surface area contributed by atoms with Gasteiger partial charge >= 0.3 is 0 Å². The second kappa shape index (κ2) is 11.3. The van der Waals surface area contributed by atoms with Crippen molar-refractivity contribution in [3.63, 3.8) is 0 Å². The minimum absolute atomic E-state index is 0.0295. The van der Waals surface area contributed by atoms with Gasteiger partial charge in [-0.05, 0) is 37.1 Å². The molecule has 1 aliphatic rings. The molecular formula is C35H36O2P2. The largest absolute Gasteiger partial charge is 0.299 e. The third kappa shape index (κ3) is 5.30. The molecule has 0 aliphatic heterocycles. The molecule has 2 atom stereocenters. The Bertz CT molecular complexity index is 1230. The van der Waals surface area contributed by atoms with E-state index in [4.69, 9.17) is 0 Å². The summed E-state index contributed by atoms with van der Waals surface area (Å²) in [4.78, 5) is 27.9. The summed E-state index contributed by atoms with van der Waals surface area (Å²) in [5, 5.41) is 4.08. The zero-order valence-corrected chi connectivity index (χ0v) is 24.9. The van der Waals surface area contributed by atoms with Crippen LogP contribution in [0.25, 0.3) is 0 Å². The molecule has 4 heteroatoms. The van der Waals surface area contributed by atoms with E-state index < -0.39 is 26.2 Å². The molecule has 0 saturated heterocycles. The van der Waals surface area contributed by atoms with E-state index in [1.165, 1.54) is 21.2 Å². The second-order valence-electron chi connectivity index (χ2n) is 11.4. The Morgan fingerprint density at radius 2 is 0.692 bits per heavy atom. The lowest BCUT2D eigenvalue weighted by atomic mass is 9.78. The molecule has 0 bridgehead atoms. The number of benzene rings is 4. The number of carbonyl (C=O) groups excluding carboxylic acids is 2. The van der Waals surface area contributed by atoms with Crippen LogP contribution < -0.4 is 21.2 Å². The number of rotatable bonds is 8. The first-order chi connectivity index (χ1) is 18.7. The van der Waals surface area contributed by atoms with Gasteiger partial charge in [-0.2, -0.15) is 0 Å². The van der Waals surface area contributed by atoms with Gasteiger partial charge in [0.15, 0.2) is 0 Å². The van der Waals surface area contributed by atoms with Gasteiger partial charge in [0, 0.05) is 22.1 Å². The number of carbonyl (C=O) groups is 2. The molecule has 0 spiro atoms. The van der Waals surface area contributed by atoms with Crippen molar-refractivity contribution in [1.29, 1.82) is 0 Å². The zero-order valence-electron chi connectivity index (χ0n) is 23.1. The van der Waals surface area contributed by atoms with E-state index in [0.29, 0.717) is 0 Å². The topological polar surface area (TPSA) is 34.1 Å². The van der Waals surface area contributed by atoms with Crippen molar-refractivity contribution >= 4 is 48.6 Å². The predicted molar refractivity (Wildman–Crippen MR) is 168 cm³/mol. The Labute approximate surface area is 235 Å². The SMILES string of the molecule is CC(C)(C1C(=O)CC(=O)C1C(C)(C)P(c1ccccc1)c1ccccc1)P(c1ccccc1)c1ccccc1. The quantitative estimate of drug-likeness (QED) is 0.183. The monoisotopic (exact) mass is 550 g/mol. The van der Waals surface area contributed by atoms with Gasteiger partial charge in [0.2, 0.25) is 0 Å². The summed E-state index contributed by atoms with van der Waals surface area (Å²) < 4.78 is 0. The molecule has 2 unspecified atom stereocenters. The van der Waals surface area contributed by atoms with Crippen molar-refractivity contribution in [2.45, 2.75) is 44.4 Å². The number of Topliss-reactive ketones (excluding diaryl/α,β-unsaturated/α-hetero) is 2. The van der Waals surface area contributed by atoms with Gasteiger partial charge in [-0.15, -0.1) is 0 Å². The summed E-state index contributed by atoms with van der Waals surface area (Å²) in [5.74, 6) is -0.551. The summed E-state index contributed by atoms with van der Waals surface area (Å²) in [6.07, 6.45) is 0.0295. The van der Waals surface area contributed by atoms with E-state index in [0.717, 1.165) is 0 Å². The van der Waals surface area contributed by atoms with E-state index >= 15 is 0 Å². The van der Waals surface area contributed by atoms with Gasteiger partial charge in [0.25, 0.3) is 0 Å². The third-order valence-corrected chi connectivity index (χ3v) is 14.2. The summed E-state index contributed by atoms with van der Waals surface area (Å²) in [6, 6.07) is 42.3. The Morgan fingerprint density at radius 3 is 0.923 bits per heavy atom. The molecular weight excluding hydrogens is 514 g/mol. The highest BCUT2D eigenvalue weighted by molar-refractivity contribution is 7.75. The fourth-order valence-electron chi connectivity index (χ4n) is 6.58. The van der Waals surface area contributed by atoms with Gasteiger partial charge in [-0.1, -0.05) is 149 Å². The van der Waals surface area contributed by atoms with Crippen molar-refractivity contribution in [3.8, 4) is 0 Å². The third-order valence-electron chi connectivity index (χ3n) is 8.11. The van der Waals surface area contributed by atoms with Crippen molar-refractivity contribution in [2.75, 3.05) is 0 Å². The molecule has 1 aliphatic carbocycles. The lowest BCUT2D eigenvalue weighted by Gasteiger charge is -2.48. The van der Waals surface area contributed by atoms with Crippen LogP contribution >= 0.6 is 15.8 Å². The smallest absolute Gasteiger partial charge is 0.145 e. The van der Waals surface area contributed by atoms with E-state index in [1.807, 2.05) is 24.3 Å². The molecule has 0 heterocycles. The van der Waals surface area contributed by atoms with Gasteiger partial charge in [0.1, 0.15) is 11.6 Å². The van der Waals surface area contributed by atoms with E-state index in [2.05, 4.69) is 125 Å². The summed E-state index contributed by atoms with van der Waals surface area (Å²) >= 11 is 0. The lowest BCUT2D eigenvalue weighted by molar-refractivity contribution is -0.123. The number of hydrogen-bond acceptors (Lipinski definition) is 2. The van der Waals surface area contributed by atoms with Crippen LogP contribution in [0.1, 0.15) is 34.1 Å². The van der Waals surface area contributed by atoms with Crippen LogP contribution in [0.4, 0.5) is 0 Å². The second-order valence-corrected chi connectivity index (χ2v) is 17.1. The first-order valence-electron chi connectivity index (χ1n) is 13.6. The van der Waals surface area contributed by atoms with Crippen LogP contribution in [-0.4, -0.2) is 21.9 Å². The van der Waals surface area contributed by atoms with Crippen molar-refractivity contribution in [3.05, 3.63) is 121 Å². The van der Waals surface area contributed by atoms with E-state index in [9.17, 15) is 9.59 Å². The molecule has 4 aromatic carbocycles. The van der Waals surface area contributed by atoms with Crippen LogP contribution in [0.15, 0.2) is 121 Å². The van der Waals surface area contributed by atoms with Crippen LogP contribution in [-0.2, 0) is 9.59 Å². The van der Waals surface area contributed by atoms with E-state index in [1.54, 1.807) is 0 Å². The Kier molecular flexibility index (Phi) is 8.00. The highest BCUT2D eigenvalue weighted by Crippen LogP contribution is 2.62. The van der Waals surface area contributed by atoms with E-state index in [-0.39, 0.29) is 29.8 Å². The minimum atomic E-state index is -0.918. The first-order valence-corrected chi connectivity index (χ1v) is 16.3. The Morgan fingerprint density at radius 1 is 0.462 bits per heavy atom. The highest BCUT2D eigenvalue weighted by Gasteiger charge is 2.59.